The first kappa shape index (κ1) is 13.9. The molecular formula is C18H27NO. The third-order valence-corrected chi connectivity index (χ3v) is 5.31. The minimum absolute atomic E-state index is 0.678. The number of benzene rings is 1. The normalized spacial score (nSPS) is 26.3. The molecule has 0 amide bonds. The highest BCUT2D eigenvalue weighted by atomic mass is 16.5. The monoisotopic (exact) mass is 273 g/mol. The van der Waals surface area contributed by atoms with Gasteiger partial charge in [-0.3, -0.25) is 0 Å². The van der Waals surface area contributed by atoms with E-state index >= 15 is 0 Å². The summed E-state index contributed by atoms with van der Waals surface area (Å²) in [5, 5.41) is 3.57. The van der Waals surface area contributed by atoms with Crippen molar-refractivity contribution in [1.82, 2.24) is 5.32 Å². The average molecular weight is 273 g/mol. The fourth-order valence-electron chi connectivity index (χ4n) is 4.06. The van der Waals surface area contributed by atoms with Gasteiger partial charge in [0.1, 0.15) is 5.75 Å². The molecule has 2 aliphatic rings. The summed E-state index contributed by atoms with van der Waals surface area (Å²) in [7, 11) is 2.13. The third kappa shape index (κ3) is 2.85. The van der Waals surface area contributed by atoms with Gasteiger partial charge in [0.15, 0.2) is 0 Å². The Bertz CT molecular complexity index is 457. The zero-order chi connectivity index (χ0) is 13.9. The smallest absolute Gasteiger partial charge is 0.122 e. The summed E-state index contributed by atoms with van der Waals surface area (Å²) in [5.41, 5.74) is 2.87. The highest BCUT2D eigenvalue weighted by molar-refractivity contribution is 5.39. The van der Waals surface area contributed by atoms with Gasteiger partial charge >= 0.3 is 0 Å². The summed E-state index contributed by atoms with van der Waals surface area (Å²) in [6.07, 6.45) is 7.76. The van der Waals surface area contributed by atoms with Crippen molar-refractivity contribution in [3.63, 3.8) is 0 Å². The van der Waals surface area contributed by atoms with Gasteiger partial charge in [0.2, 0.25) is 0 Å². The van der Waals surface area contributed by atoms with Gasteiger partial charge in [-0.2, -0.15) is 0 Å². The van der Waals surface area contributed by atoms with Crippen molar-refractivity contribution in [1.29, 1.82) is 0 Å². The van der Waals surface area contributed by atoms with Crippen LogP contribution in [0.25, 0.3) is 0 Å². The zero-order valence-corrected chi connectivity index (χ0v) is 12.8. The summed E-state index contributed by atoms with van der Waals surface area (Å²) in [5.74, 6) is 2.86. The SMILES string of the molecule is CNC(CCc1ccc2c(c1)CCO2)C1CCCC1C. The van der Waals surface area contributed by atoms with E-state index < -0.39 is 0 Å². The average Bonchev–Trinajstić information content (AvgIpc) is 3.08. The van der Waals surface area contributed by atoms with Gasteiger partial charge in [0.25, 0.3) is 0 Å². The number of fused-ring (bicyclic) bond motifs is 1. The summed E-state index contributed by atoms with van der Waals surface area (Å²) < 4.78 is 5.58. The van der Waals surface area contributed by atoms with Crippen LogP contribution in [-0.2, 0) is 12.8 Å². The van der Waals surface area contributed by atoms with Gasteiger partial charge in [-0.1, -0.05) is 31.9 Å². The van der Waals surface area contributed by atoms with Crippen LogP contribution in [0.4, 0.5) is 0 Å². The summed E-state index contributed by atoms with van der Waals surface area (Å²) >= 11 is 0. The fraction of sp³-hybridized carbons (Fsp3) is 0.667. The molecule has 3 unspecified atom stereocenters. The second kappa shape index (κ2) is 6.17. The summed E-state index contributed by atoms with van der Waals surface area (Å²) in [6.45, 7) is 3.28. The Morgan fingerprint density at radius 1 is 1.35 bits per heavy atom. The van der Waals surface area contributed by atoms with Crippen molar-refractivity contribution in [2.45, 2.75) is 51.5 Å². The van der Waals surface area contributed by atoms with E-state index in [0.717, 1.165) is 30.6 Å². The summed E-state index contributed by atoms with van der Waals surface area (Å²) in [6, 6.07) is 7.43. The lowest BCUT2D eigenvalue weighted by atomic mass is 9.86. The predicted molar refractivity (Wildman–Crippen MR) is 83.3 cm³/mol. The van der Waals surface area contributed by atoms with Gasteiger partial charge in [0, 0.05) is 12.5 Å². The maximum atomic E-state index is 5.58. The van der Waals surface area contributed by atoms with E-state index in [-0.39, 0.29) is 0 Å². The topological polar surface area (TPSA) is 21.3 Å². The molecule has 1 aliphatic carbocycles. The van der Waals surface area contributed by atoms with Gasteiger partial charge in [-0.25, -0.2) is 0 Å². The Morgan fingerprint density at radius 2 is 2.25 bits per heavy atom. The Kier molecular flexibility index (Phi) is 4.30. The van der Waals surface area contributed by atoms with Crippen LogP contribution >= 0.6 is 0 Å². The molecule has 0 bridgehead atoms. The minimum Gasteiger partial charge on any atom is -0.493 e. The molecule has 0 aromatic heterocycles. The van der Waals surface area contributed by atoms with Crippen LogP contribution in [0.1, 0.15) is 43.7 Å². The van der Waals surface area contributed by atoms with Crippen molar-refractivity contribution in [3.05, 3.63) is 29.3 Å². The van der Waals surface area contributed by atoms with Gasteiger partial charge < -0.3 is 10.1 Å². The van der Waals surface area contributed by atoms with Crippen molar-refractivity contribution in [3.8, 4) is 5.75 Å². The lowest BCUT2D eigenvalue weighted by Crippen LogP contribution is -2.35. The molecule has 2 nitrogen and oxygen atoms in total. The maximum Gasteiger partial charge on any atom is 0.122 e. The quantitative estimate of drug-likeness (QED) is 0.885. The Morgan fingerprint density at radius 3 is 3.00 bits per heavy atom. The molecule has 0 spiro atoms. The lowest BCUT2D eigenvalue weighted by Gasteiger charge is -2.26. The molecular weight excluding hydrogens is 246 g/mol. The Hall–Kier alpha value is -1.02. The number of hydrogen-bond acceptors (Lipinski definition) is 2. The lowest BCUT2D eigenvalue weighted by molar-refractivity contribution is 0.296. The Labute approximate surface area is 122 Å². The van der Waals surface area contributed by atoms with Crippen molar-refractivity contribution >= 4 is 0 Å². The summed E-state index contributed by atoms with van der Waals surface area (Å²) in [4.78, 5) is 0. The van der Waals surface area contributed by atoms with E-state index in [1.165, 1.54) is 43.2 Å². The molecule has 1 aromatic rings. The van der Waals surface area contributed by atoms with Crippen LogP contribution < -0.4 is 10.1 Å². The molecule has 0 saturated heterocycles. The van der Waals surface area contributed by atoms with Crippen LogP contribution in [0.5, 0.6) is 5.75 Å². The van der Waals surface area contributed by atoms with Crippen molar-refractivity contribution in [2.24, 2.45) is 11.8 Å². The van der Waals surface area contributed by atoms with E-state index in [1.807, 2.05) is 0 Å². The highest BCUT2D eigenvalue weighted by Crippen LogP contribution is 2.35. The van der Waals surface area contributed by atoms with E-state index in [1.54, 1.807) is 0 Å². The molecule has 2 heteroatoms. The predicted octanol–water partition coefficient (Wildman–Crippen LogP) is 3.58. The van der Waals surface area contributed by atoms with E-state index in [0.29, 0.717) is 6.04 Å². The third-order valence-electron chi connectivity index (χ3n) is 5.31. The molecule has 1 N–H and O–H groups in total. The number of rotatable bonds is 5. The van der Waals surface area contributed by atoms with Crippen LogP contribution in [0, 0.1) is 11.8 Å². The van der Waals surface area contributed by atoms with Crippen LogP contribution in [0.15, 0.2) is 18.2 Å². The molecule has 20 heavy (non-hydrogen) atoms. The number of hydrogen-bond donors (Lipinski definition) is 1. The second-order valence-corrected chi connectivity index (χ2v) is 6.55. The van der Waals surface area contributed by atoms with Crippen LogP contribution in [0.3, 0.4) is 0 Å². The van der Waals surface area contributed by atoms with Crippen molar-refractivity contribution in [2.75, 3.05) is 13.7 Å². The first-order chi connectivity index (χ1) is 9.78. The fourth-order valence-corrected chi connectivity index (χ4v) is 4.06. The minimum atomic E-state index is 0.678. The van der Waals surface area contributed by atoms with E-state index in [2.05, 4.69) is 37.5 Å². The molecule has 3 rings (SSSR count). The van der Waals surface area contributed by atoms with E-state index in [9.17, 15) is 0 Å². The largest absolute Gasteiger partial charge is 0.493 e. The van der Waals surface area contributed by atoms with Crippen LogP contribution in [-0.4, -0.2) is 19.7 Å². The van der Waals surface area contributed by atoms with Gasteiger partial charge in [0.05, 0.1) is 6.61 Å². The molecule has 1 fully saturated rings. The Balaban J connectivity index is 1.60. The molecule has 1 aliphatic heterocycles. The maximum absolute atomic E-state index is 5.58. The molecule has 1 aromatic carbocycles. The zero-order valence-electron chi connectivity index (χ0n) is 12.8. The number of aryl methyl sites for hydroxylation is 1. The second-order valence-electron chi connectivity index (χ2n) is 6.55. The van der Waals surface area contributed by atoms with E-state index in [4.69, 9.17) is 4.74 Å². The molecule has 0 radical (unpaired) electrons. The number of nitrogens with one attached hydrogen (secondary N) is 1. The van der Waals surface area contributed by atoms with Gasteiger partial charge in [-0.05, 0) is 55.3 Å². The first-order valence-electron chi connectivity index (χ1n) is 8.20. The molecule has 3 atom stereocenters. The van der Waals surface area contributed by atoms with Gasteiger partial charge in [-0.15, -0.1) is 0 Å². The standard InChI is InChI=1S/C18H27NO/c1-13-4-3-5-16(13)17(19-2)8-6-14-7-9-18-15(12-14)10-11-20-18/h7,9,12-13,16-17,19H,3-6,8,10-11H2,1-2H3. The van der Waals surface area contributed by atoms with Crippen molar-refractivity contribution < 1.29 is 4.74 Å². The molecule has 110 valence electrons. The highest BCUT2D eigenvalue weighted by Gasteiger charge is 2.29. The molecule has 1 heterocycles. The first-order valence-corrected chi connectivity index (χ1v) is 8.20. The van der Waals surface area contributed by atoms with Crippen LogP contribution in [0.2, 0.25) is 0 Å². The number of ether oxygens (including phenoxy) is 1. The molecule has 1 saturated carbocycles.